The molecular formula is C18H22FN2O2+. The number of likely N-dealkylation sites (N-methyl/N-ethyl adjacent to an activating group) is 1. The number of ether oxygens (including phenoxy) is 1. The van der Waals surface area contributed by atoms with Crippen molar-refractivity contribution in [2.24, 2.45) is 0 Å². The Balaban J connectivity index is 1.85. The van der Waals surface area contributed by atoms with Crippen molar-refractivity contribution in [1.82, 2.24) is 0 Å². The number of anilines is 1. The Morgan fingerprint density at radius 2 is 1.87 bits per heavy atom. The van der Waals surface area contributed by atoms with Crippen LogP contribution in [0.15, 0.2) is 48.5 Å². The minimum atomic E-state index is -0.426. The molecule has 0 spiro atoms. The number of hydrogen-bond acceptors (Lipinski definition) is 2. The maximum atomic E-state index is 13.5. The summed E-state index contributed by atoms with van der Waals surface area (Å²) in [5.74, 6) is 0.203. The molecule has 1 atom stereocenters. The van der Waals surface area contributed by atoms with E-state index in [9.17, 15) is 9.18 Å². The number of carbonyl (C=O) groups excluding carboxylic acids is 1. The highest BCUT2D eigenvalue weighted by Crippen LogP contribution is 2.12. The highest BCUT2D eigenvalue weighted by Gasteiger charge is 2.12. The minimum Gasteiger partial charge on any atom is -0.494 e. The monoisotopic (exact) mass is 317 g/mol. The summed E-state index contributed by atoms with van der Waals surface area (Å²) in [5.41, 5.74) is 1.33. The topological polar surface area (TPSA) is 42.8 Å². The molecule has 0 saturated carbocycles. The van der Waals surface area contributed by atoms with Crippen molar-refractivity contribution in [2.75, 3.05) is 25.5 Å². The summed E-state index contributed by atoms with van der Waals surface area (Å²) in [6.45, 7) is 3.55. The third kappa shape index (κ3) is 5.38. The number of benzene rings is 2. The van der Waals surface area contributed by atoms with Crippen LogP contribution in [0.3, 0.4) is 0 Å². The Kier molecular flexibility index (Phi) is 6.11. The lowest BCUT2D eigenvalue weighted by molar-refractivity contribution is -0.885. The van der Waals surface area contributed by atoms with Crippen LogP contribution in [0.5, 0.6) is 5.75 Å². The van der Waals surface area contributed by atoms with E-state index >= 15 is 0 Å². The zero-order valence-electron chi connectivity index (χ0n) is 13.4. The average Bonchev–Trinajstić information content (AvgIpc) is 2.51. The normalized spacial score (nSPS) is 11.8. The number of halogens is 1. The van der Waals surface area contributed by atoms with Crippen molar-refractivity contribution in [3.05, 3.63) is 59.9 Å². The maximum absolute atomic E-state index is 13.5. The second-order valence-electron chi connectivity index (χ2n) is 5.42. The van der Waals surface area contributed by atoms with Crippen LogP contribution < -0.4 is 15.0 Å². The Morgan fingerprint density at radius 3 is 2.52 bits per heavy atom. The summed E-state index contributed by atoms with van der Waals surface area (Å²) in [4.78, 5) is 13.0. The SMILES string of the molecule is CCOc1ccc(C[NH+](C)CC(=O)Nc2ccccc2F)cc1. The molecule has 4 nitrogen and oxygen atoms in total. The van der Waals surface area contributed by atoms with E-state index in [2.05, 4.69) is 5.32 Å². The number of amides is 1. The predicted octanol–water partition coefficient (Wildman–Crippen LogP) is 1.88. The van der Waals surface area contributed by atoms with Gasteiger partial charge in [-0.3, -0.25) is 4.79 Å². The summed E-state index contributed by atoms with van der Waals surface area (Å²) < 4.78 is 18.9. The number of nitrogens with one attached hydrogen (secondary N) is 2. The second kappa shape index (κ2) is 8.29. The Morgan fingerprint density at radius 1 is 1.17 bits per heavy atom. The van der Waals surface area contributed by atoms with Crippen LogP contribution in [0.2, 0.25) is 0 Å². The van der Waals surface area contributed by atoms with Crippen LogP contribution in [-0.2, 0) is 11.3 Å². The van der Waals surface area contributed by atoms with Gasteiger partial charge in [0, 0.05) is 5.56 Å². The first kappa shape index (κ1) is 17.0. The fourth-order valence-electron chi connectivity index (χ4n) is 2.31. The molecule has 0 saturated heterocycles. The van der Waals surface area contributed by atoms with Gasteiger partial charge in [-0.1, -0.05) is 12.1 Å². The third-order valence-electron chi connectivity index (χ3n) is 3.35. The van der Waals surface area contributed by atoms with E-state index < -0.39 is 5.82 Å². The van der Waals surface area contributed by atoms with Crippen LogP contribution in [0.1, 0.15) is 12.5 Å². The molecule has 0 fully saturated rings. The molecular weight excluding hydrogens is 295 g/mol. The van der Waals surface area contributed by atoms with E-state index in [0.717, 1.165) is 16.2 Å². The van der Waals surface area contributed by atoms with Crippen LogP contribution in [0.25, 0.3) is 0 Å². The van der Waals surface area contributed by atoms with Crippen molar-refractivity contribution in [1.29, 1.82) is 0 Å². The Hall–Kier alpha value is -2.40. The van der Waals surface area contributed by atoms with Gasteiger partial charge in [-0.25, -0.2) is 4.39 Å². The van der Waals surface area contributed by atoms with Gasteiger partial charge in [0.2, 0.25) is 0 Å². The molecule has 0 aromatic heterocycles. The number of para-hydroxylation sites is 1. The first-order valence-corrected chi connectivity index (χ1v) is 7.66. The molecule has 2 aromatic carbocycles. The van der Waals surface area contributed by atoms with Crippen molar-refractivity contribution in [3.63, 3.8) is 0 Å². The van der Waals surface area contributed by atoms with Crippen LogP contribution in [0, 0.1) is 5.82 Å². The molecule has 2 aromatic rings. The third-order valence-corrected chi connectivity index (χ3v) is 3.35. The van der Waals surface area contributed by atoms with Gasteiger partial charge in [-0.15, -0.1) is 0 Å². The van der Waals surface area contributed by atoms with Crippen LogP contribution in [-0.4, -0.2) is 26.1 Å². The van der Waals surface area contributed by atoms with Gasteiger partial charge in [0.05, 0.1) is 19.3 Å². The largest absolute Gasteiger partial charge is 0.494 e. The number of hydrogen-bond donors (Lipinski definition) is 2. The fraction of sp³-hybridized carbons (Fsp3) is 0.278. The molecule has 5 heteroatoms. The van der Waals surface area contributed by atoms with Crippen molar-refractivity contribution < 1.29 is 18.8 Å². The van der Waals surface area contributed by atoms with Gasteiger partial charge in [0.15, 0.2) is 6.54 Å². The van der Waals surface area contributed by atoms with E-state index in [4.69, 9.17) is 4.74 Å². The van der Waals surface area contributed by atoms with Gasteiger partial charge in [-0.05, 0) is 43.3 Å². The number of carbonyl (C=O) groups is 1. The smallest absolute Gasteiger partial charge is 0.279 e. The van der Waals surface area contributed by atoms with Gasteiger partial charge in [0.25, 0.3) is 5.91 Å². The molecule has 2 rings (SSSR count). The zero-order chi connectivity index (χ0) is 16.7. The Labute approximate surface area is 135 Å². The first-order valence-electron chi connectivity index (χ1n) is 7.66. The van der Waals surface area contributed by atoms with Crippen molar-refractivity contribution in [3.8, 4) is 5.75 Å². The summed E-state index contributed by atoms with van der Waals surface area (Å²) in [5, 5.41) is 2.60. The van der Waals surface area contributed by atoms with Gasteiger partial charge < -0.3 is 15.0 Å². The molecule has 1 unspecified atom stereocenters. The summed E-state index contributed by atoms with van der Waals surface area (Å²) in [6.07, 6.45) is 0. The molecule has 0 aliphatic heterocycles. The lowest BCUT2D eigenvalue weighted by Gasteiger charge is -2.14. The fourth-order valence-corrected chi connectivity index (χ4v) is 2.31. The molecule has 2 N–H and O–H groups in total. The first-order chi connectivity index (χ1) is 11.1. The molecule has 122 valence electrons. The molecule has 0 bridgehead atoms. The standard InChI is InChI=1S/C18H21FN2O2/c1-3-23-15-10-8-14(9-11-15)12-21(2)13-18(22)20-17-7-5-4-6-16(17)19/h4-11H,3,12-13H2,1-2H3,(H,20,22)/p+1. The van der Waals surface area contributed by atoms with E-state index in [-0.39, 0.29) is 18.1 Å². The number of rotatable bonds is 7. The highest BCUT2D eigenvalue weighted by atomic mass is 19.1. The number of quaternary nitrogens is 1. The quantitative estimate of drug-likeness (QED) is 0.819. The van der Waals surface area contributed by atoms with Crippen LogP contribution >= 0.6 is 0 Å². The lowest BCUT2D eigenvalue weighted by atomic mass is 10.2. The van der Waals surface area contributed by atoms with E-state index in [0.29, 0.717) is 13.2 Å². The van der Waals surface area contributed by atoms with Crippen molar-refractivity contribution in [2.45, 2.75) is 13.5 Å². The average molecular weight is 317 g/mol. The minimum absolute atomic E-state index is 0.210. The Bertz CT molecular complexity index is 644. The molecule has 0 radical (unpaired) electrons. The summed E-state index contributed by atoms with van der Waals surface area (Å²) in [6, 6.07) is 14.0. The van der Waals surface area contributed by atoms with Crippen molar-refractivity contribution >= 4 is 11.6 Å². The highest BCUT2D eigenvalue weighted by molar-refractivity contribution is 5.91. The van der Waals surface area contributed by atoms with Gasteiger partial charge in [-0.2, -0.15) is 0 Å². The zero-order valence-corrected chi connectivity index (χ0v) is 13.4. The molecule has 0 aliphatic carbocycles. The molecule has 0 aliphatic rings. The van der Waals surface area contributed by atoms with E-state index in [1.54, 1.807) is 18.2 Å². The predicted molar refractivity (Wildman–Crippen MR) is 88.1 cm³/mol. The molecule has 1 amide bonds. The molecule has 23 heavy (non-hydrogen) atoms. The van der Waals surface area contributed by atoms with Crippen LogP contribution in [0.4, 0.5) is 10.1 Å². The summed E-state index contributed by atoms with van der Waals surface area (Å²) in [7, 11) is 1.93. The lowest BCUT2D eigenvalue weighted by Crippen LogP contribution is -3.08. The summed E-state index contributed by atoms with van der Waals surface area (Å²) >= 11 is 0. The second-order valence-corrected chi connectivity index (χ2v) is 5.42. The molecule has 0 heterocycles. The van der Waals surface area contributed by atoms with Gasteiger partial charge in [0.1, 0.15) is 18.1 Å². The maximum Gasteiger partial charge on any atom is 0.279 e. The van der Waals surface area contributed by atoms with E-state index in [1.165, 1.54) is 6.07 Å². The van der Waals surface area contributed by atoms with Gasteiger partial charge >= 0.3 is 0 Å². The van der Waals surface area contributed by atoms with E-state index in [1.807, 2.05) is 38.2 Å².